The summed E-state index contributed by atoms with van der Waals surface area (Å²) in [5, 5.41) is 9.90. The number of rotatable bonds is 4. The lowest BCUT2D eigenvalue weighted by molar-refractivity contribution is -0.123. The summed E-state index contributed by atoms with van der Waals surface area (Å²) >= 11 is 1.35. The monoisotopic (exact) mass is 420 g/mol. The minimum Gasteiger partial charge on any atom is -0.298 e. The lowest BCUT2D eigenvalue weighted by Crippen LogP contribution is -2.23. The summed E-state index contributed by atoms with van der Waals surface area (Å²) in [4.78, 5) is 25.9. The number of para-hydroxylation sites is 2. The van der Waals surface area contributed by atoms with Crippen LogP contribution in [0.4, 0.5) is 0 Å². The van der Waals surface area contributed by atoms with Crippen LogP contribution in [0, 0.1) is 19.3 Å². The smallest absolute Gasteiger partial charge is 0.267 e. The first-order valence-electron chi connectivity index (χ1n) is 9.81. The Morgan fingerprint density at radius 3 is 2.33 bits per heavy atom. The third kappa shape index (κ3) is 3.33. The van der Waals surface area contributed by atoms with E-state index >= 15 is 0 Å². The minimum atomic E-state index is -0.421. The van der Waals surface area contributed by atoms with Crippen molar-refractivity contribution in [3.05, 3.63) is 63.9 Å². The van der Waals surface area contributed by atoms with Gasteiger partial charge in [0.15, 0.2) is 5.16 Å². The number of Topliss-reactive ketones (excluding diaryl/α,β-unsaturated/α-hetero) is 1. The number of aryl methyl sites for hydroxylation is 2. The molecule has 7 heteroatoms. The molecular formula is C23H24N4O2S. The lowest BCUT2D eigenvalue weighted by atomic mass is 9.92. The molecule has 4 rings (SSSR count). The number of fused-ring (bicyclic) bond motifs is 3. The zero-order valence-corrected chi connectivity index (χ0v) is 18.6. The van der Waals surface area contributed by atoms with E-state index < -0.39 is 5.41 Å². The molecule has 0 aliphatic rings. The molecule has 6 nitrogen and oxygen atoms in total. The van der Waals surface area contributed by atoms with E-state index in [0.29, 0.717) is 22.1 Å². The number of ketones is 1. The van der Waals surface area contributed by atoms with Crippen LogP contribution in [-0.4, -0.2) is 30.7 Å². The largest absolute Gasteiger partial charge is 0.298 e. The zero-order valence-electron chi connectivity index (χ0n) is 17.8. The minimum absolute atomic E-state index is 0.134. The van der Waals surface area contributed by atoms with Crippen molar-refractivity contribution in [1.29, 1.82) is 0 Å². The van der Waals surface area contributed by atoms with E-state index in [0.717, 1.165) is 22.3 Å². The molecule has 0 fully saturated rings. The molecule has 30 heavy (non-hydrogen) atoms. The first kappa shape index (κ1) is 20.3. The van der Waals surface area contributed by atoms with Crippen molar-refractivity contribution >= 4 is 34.2 Å². The molecule has 0 aliphatic carbocycles. The van der Waals surface area contributed by atoms with Gasteiger partial charge in [0.1, 0.15) is 5.78 Å². The maximum absolute atomic E-state index is 13.5. The predicted octanol–water partition coefficient (Wildman–Crippen LogP) is 4.36. The van der Waals surface area contributed by atoms with Crippen LogP contribution in [0.25, 0.3) is 22.4 Å². The van der Waals surface area contributed by atoms with Crippen LogP contribution < -0.4 is 5.56 Å². The maximum Gasteiger partial charge on any atom is 0.267 e. The van der Waals surface area contributed by atoms with Gasteiger partial charge in [-0.2, -0.15) is 0 Å². The number of nitrogens with zero attached hydrogens (tertiary/aromatic N) is 4. The van der Waals surface area contributed by atoms with Crippen LogP contribution in [0.15, 0.2) is 52.4 Å². The van der Waals surface area contributed by atoms with Gasteiger partial charge in [-0.05, 0) is 37.1 Å². The van der Waals surface area contributed by atoms with E-state index in [1.165, 1.54) is 11.8 Å². The molecule has 0 aliphatic heterocycles. The van der Waals surface area contributed by atoms with Crippen molar-refractivity contribution in [1.82, 2.24) is 19.2 Å². The summed E-state index contributed by atoms with van der Waals surface area (Å²) in [6.45, 7) is 9.69. The van der Waals surface area contributed by atoms with Crippen molar-refractivity contribution in [2.45, 2.75) is 39.8 Å². The third-order valence-corrected chi connectivity index (χ3v) is 6.16. The molecule has 0 N–H and O–H groups in total. The maximum atomic E-state index is 13.5. The fourth-order valence-electron chi connectivity index (χ4n) is 3.48. The molecule has 0 spiro atoms. The second-order valence-corrected chi connectivity index (χ2v) is 9.42. The van der Waals surface area contributed by atoms with Crippen LogP contribution in [0.3, 0.4) is 0 Å². The van der Waals surface area contributed by atoms with E-state index in [-0.39, 0.29) is 11.3 Å². The molecule has 0 saturated heterocycles. The molecule has 0 unspecified atom stereocenters. The summed E-state index contributed by atoms with van der Waals surface area (Å²) in [5.74, 6) is 0.875. The Labute approximate surface area is 178 Å². The second-order valence-electron chi connectivity index (χ2n) is 8.48. The fraction of sp³-hybridized carbons (Fsp3) is 0.304. The highest BCUT2D eigenvalue weighted by atomic mass is 32.2. The Morgan fingerprint density at radius 1 is 1.00 bits per heavy atom. The van der Waals surface area contributed by atoms with Gasteiger partial charge < -0.3 is 0 Å². The summed E-state index contributed by atoms with van der Waals surface area (Å²) in [6, 6.07) is 13.4. The standard InChI is InChI=1S/C23H24N4O2S/c1-14-9-8-10-15(2)19(14)27-20(29)16-11-6-7-12-17(16)26-21(27)24-25-22(26)30-13-18(28)23(3,4)5/h6-12H,13H2,1-5H3. The van der Waals surface area contributed by atoms with Gasteiger partial charge in [0.2, 0.25) is 5.78 Å². The Balaban J connectivity index is 2.00. The van der Waals surface area contributed by atoms with Gasteiger partial charge in [0.25, 0.3) is 5.56 Å². The quantitative estimate of drug-likeness (QED) is 0.459. The third-order valence-electron chi connectivity index (χ3n) is 5.23. The molecule has 0 bridgehead atoms. The molecule has 2 aromatic heterocycles. The van der Waals surface area contributed by atoms with Crippen LogP contribution in [0.1, 0.15) is 31.9 Å². The normalized spacial score (nSPS) is 12.0. The van der Waals surface area contributed by atoms with Crippen molar-refractivity contribution in [3.8, 4) is 5.69 Å². The van der Waals surface area contributed by atoms with E-state index in [1.54, 1.807) is 4.57 Å². The van der Waals surface area contributed by atoms with Crippen LogP contribution in [-0.2, 0) is 4.79 Å². The molecule has 0 atom stereocenters. The second kappa shape index (κ2) is 7.40. The zero-order chi connectivity index (χ0) is 21.6. The average molecular weight is 421 g/mol. The van der Waals surface area contributed by atoms with Crippen LogP contribution >= 0.6 is 11.8 Å². The number of carbonyl (C=O) groups excluding carboxylic acids is 1. The van der Waals surface area contributed by atoms with Gasteiger partial charge in [-0.25, -0.2) is 4.57 Å². The highest BCUT2D eigenvalue weighted by molar-refractivity contribution is 7.99. The Morgan fingerprint density at radius 2 is 1.67 bits per heavy atom. The molecular weight excluding hydrogens is 396 g/mol. The van der Waals surface area contributed by atoms with Gasteiger partial charge in [0, 0.05) is 5.41 Å². The Kier molecular flexibility index (Phi) is 5.02. The summed E-state index contributed by atoms with van der Waals surface area (Å²) in [5.41, 5.74) is 2.95. The average Bonchev–Trinajstić information content (AvgIpc) is 3.11. The lowest BCUT2D eigenvalue weighted by Gasteiger charge is -2.16. The fourth-order valence-corrected chi connectivity index (χ4v) is 4.58. The van der Waals surface area contributed by atoms with Gasteiger partial charge >= 0.3 is 0 Å². The molecule has 0 amide bonds. The summed E-state index contributed by atoms with van der Waals surface area (Å²) in [7, 11) is 0. The van der Waals surface area contributed by atoms with Gasteiger partial charge in [-0.15, -0.1) is 10.2 Å². The highest BCUT2D eigenvalue weighted by Gasteiger charge is 2.24. The molecule has 2 heterocycles. The first-order valence-corrected chi connectivity index (χ1v) is 10.8. The summed E-state index contributed by atoms with van der Waals surface area (Å²) in [6.07, 6.45) is 0. The van der Waals surface area contributed by atoms with Gasteiger partial charge in [-0.3, -0.25) is 14.0 Å². The SMILES string of the molecule is Cc1cccc(C)c1-n1c(=O)c2ccccc2n2c(SCC(=O)C(C)(C)C)nnc12. The Hall–Kier alpha value is -2.93. The van der Waals surface area contributed by atoms with Gasteiger partial charge in [-0.1, -0.05) is 62.9 Å². The van der Waals surface area contributed by atoms with Crippen molar-refractivity contribution < 1.29 is 4.79 Å². The number of carbonyl (C=O) groups is 1. The number of benzene rings is 2. The van der Waals surface area contributed by atoms with Gasteiger partial charge in [0.05, 0.1) is 22.3 Å². The predicted molar refractivity (Wildman–Crippen MR) is 121 cm³/mol. The van der Waals surface area contributed by atoms with Crippen molar-refractivity contribution in [2.24, 2.45) is 5.41 Å². The van der Waals surface area contributed by atoms with E-state index in [2.05, 4.69) is 10.2 Å². The van der Waals surface area contributed by atoms with Crippen molar-refractivity contribution in [3.63, 3.8) is 0 Å². The summed E-state index contributed by atoms with van der Waals surface area (Å²) < 4.78 is 3.51. The van der Waals surface area contributed by atoms with Crippen LogP contribution in [0.2, 0.25) is 0 Å². The number of hydrogen-bond acceptors (Lipinski definition) is 5. The van der Waals surface area contributed by atoms with E-state index in [4.69, 9.17) is 0 Å². The highest BCUT2D eigenvalue weighted by Crippen LogP contribution is 2.27. The molecule has 0 saturated carbocycles. The molecule has 154 valence electrons. The topological polar surface area (TPSA) is 69.3 Å². The van der Waals surface area contributed by atoms with Crippen LogP contribution in [0.5, 0.6) is 0 Å². The first-order chi connectivity index (χ1) is 14.2. The molecule has 0 radical (unpaired) electrons. The molecule has 2 aromatic carbocycles. The van der Waals surface area contributed by atoms with Crippen molar-refractivity contribution in [2.75, 3.05) is 5.75 Å². The number of hydrogen-bond donors (Lipinski definition) is 0. The number of thioether (sulfide) groups is 1. The molecule has 4 aromatic rings. The number of aromatic nitrogens is 4. The Bertz CT molecular complexity index is 1330. The van der Waals surface area contributed by atoms with E-state index in [1.807, 2.05) is 81.5 Å². The van der Waals surface area contributed by atoms with E-state index in [9.17, 15) is 9.59 Å².